The number of benzene rings is 1. The van der Waals surface area contributed by atoms with Crippen molar-refractivity contribution < 1.29 is 18.7 Å². The molecule has 28 heavy (non-hydrogen) atoms. The van der Waals surface area contributed by atoms with Crippen LogP contribution in [0.15, 0.2) is 24.3 Å². The second kappa shape index (κ2) is 7.87. The van der Waals surface area contributed by atoms with Crippen molar-refractivity contribution in [3.63, 3.8) is 0 Å². The lowest BCUT2D eigenvalue weighted by Crippen LogP contribution is -2.56. The normalized spacial score (nSPS) is 16.5. The lowest BCUT2D eigenvalue weighted by atomic mass is 10.0. The number of hydrogen-bond donors (Lipinski definition) is 1. The van der Waals surface area contributed by atoms with Gasteiger partial charge in [0.05, 0.1) is 15.9 Å². The van der Waals surface area contributed by atoms with Gasteiger partial charge in [0.2, 0.25) is 0 Å². The van der Waals surface area contributed by atoms with Crippen LogP contribution in [0.5, 0.6) is 0 Å². The van der Waals surface area contributed by atoms with E-state index >= 15 is 0 Å². The zero-order chi connectivity index (χ0) is 20.5. The monoisotopic (exact) mass is 405 g/mol. The van der Waals surface area contributed by atoms with Crippen molar-refractivity contribution in [2.75, 3.05) is 13.1 Å². The van der Waals surface area contributed by atoms with Gasteiger partial charge in [-0.3, -0.25) is 4.79 Å². The molecule has 0 aliphatic carbocycles. The fraction of sp³-hybridized carbons (Fsp3) is 0.450. The second-order valence-corrected chi connectivity index (χ2v) is 8.94. The van der Waals surface area contributed by atoms with Gasteiger partial charge in [0, 0.05) is 13.1 Å². The molecule has 2 heterocycles. The summed E-state index contributed by atoms with van der Waals surface area (Å²) in [4.78, 5) is 31.7. The highest BCUT2D eigenvalue weighted by molar-refractivity contribution is 7.15. The van der Waals surface area contributed by atoms with E-state index in [2.05, 4.69) is 10.3 Å². The number of aromatic nitrogens is 1. The van der Waals surface area contributed by atoms with Crippen molar-refractivity contribution in [1.82, 2.24) is 15.2 Å². The van der Waals surface area contributed by atoms with Crippen molar-refractivity contribution >= 4 is 23.3 Å². The summed E-state index contributed by atoms with van der Waals surface area (Å²) in [5.41, 5.74) is 0.567. The number of carbonyl (C=O) groups is 2. The van der Waals surface area contributed by atoms with Crippen LogP contribution in [-0.4, -0.2) is 46.6 Å². The Morgan fingerprint density at radius 2 is 2.00 bits per heavy atom. The summed E-state index contributed by atoms with van der Waals surface area (Å²) in [7, 11) is 0. The molecule has 150 valence electrons. The SMILES string of the molecule is Cc1nc(C(=O)N2CCC2CNC(=O)OC(C)(C)C)c(-c2ccc(F)cc2)s1. The minimum Gasteiger partial charge on any atom is -0.444 e. The number of likely N-dealkylation sites (tertiary alicyclic amines) is 1. The number of thiazole rings is 1. The quantitative estimate of drug-likeness (QED) is 0.835. The van der Waals surface area contributed by atoms with E-state index in [-0.39, 0.29) is 17.8 Å². The van der Waals surface area contributed by atoms with E-state index in [4.69, 9.17) is 4.74 Å². The zero-order valence-electron chi connectivity index (χ0n) is 16.4. The van der Waals surface area contributed by atoms with Gasteiger partial charge >= 0.3 is 6.09 Å². The maximum atomic E-state index is 13.2. The van der Waals surface area contributed by atoms with E-state index in [0.29, 0.717) is 18.8 Å². The summed E-state index contributed by atoms with van der Waals surface area (Å²) in [5.74, 6) is -0.500. The van der Waals surface area contributed by atoms with Crippen molar-refractivity contribution in [3.05, 3.63) is 40.8 Å². The number of nitrogens with one attached hydrogen (secondary N) is 1. The second-order valence-electron chi connectivity index (χ2n) is 7.74. The molecule has 1 aromatic heterocycles. The van der Waals surface area contributed by atoms with Crippen molar-refractivity contribution in [2.24, 2.45) is 0 Å². The van der Waals surface area contributed by atoms with Gasteiger partial charge in [-0.15, -0.1) is 11.3 Å². The molecule has 1 aliphatic rings. The van der Waals surface area contributed by atoms with E-state index in [1.54, 1.807) is 37.8 Å². The Balaban J connectivity index is 1.69. The lowest BCUT2D eigenvalue weighted by molar-refractivity contribution is 0.0371. The molecule has 0 bridgehead atoms. The first-order chi connectivity index (χ1) is 13.1. The average Bonchev–Trinajstić information content (AvgIpc) is 2.95. The molecule has 1 saturated heterocycles. The van der Waals surface area contributed by atoms with Gasteiger partial charge in [0.1, 0.15) is 17.1 Å². The van der Waals surface area contributed by atoms with Crippen LogP contribution in [0.3, 0.4) is 0 Å². The van der Waals surface area contributed by atoms with Crippen molar-refractivity contribution in [1.29, 1.82) is 0 Å². The maximum Gasteiger partial charge on any atom is 0.407 e. The first-order valence-electron chi connectivity index (χ1n) is 9.15. The number of amides is 2. The first-order valence-corrected chi connectivity index (χ1v) is 9.97. The lowest BCUT2D eigenvalue weighted by Gasteiger charge is -2.40. The third kappa shape index (κ3) is 4.67. The number of aryl methyl sites for hydroxylation is 1. The Labute approximate surface area is 167 Å². The topological polar surface area (TPSA) is 71.5 Å². The van der Waals surface area contributed by atoms with Gasteiger partial charge in [0.25, 0.3) is 5.91 Å². The average molecular weight is 405 g/mol. The number of ether oxygens (including phenoxy) is 1. The highest BCUT2D eigenvalue weighted by atomic mass is 32.1. The molecule has 2 aromatic rings. The highest BCUT2D eigenvalue weighted by Crippen LogP contribution is 2.32. The highest BCUT2D eigenvalue weighted by Gasteiger charge is 2.35. The third-order valence-electron chi connectivity index (χ3n) is 4.33. The molecule has 0 saturated carbocycles. The number of carbonyl (C=O) groups excluding carboxylic acids is 2. The van der Waals surface area contributed by atoms with E-state index in [0.717, 1.165) is 21.9 Å². The fourth-order valence-electron chi connectivity index (χ4n) is 2.94. The first kappa shape index (κ1) is 20.3. The molecule has 0 spiro atoms. The van der Waals surface area contributed by atoms with Gasteiger partial charge < -0.3 is 15.0 Å². The molecule has 2 amide bonds. The molecule has 8 heteroatoms. The molecule has 1 unspecified atom stereocenters. The van der Waals surface area contributed by atoms with E-state index in [9.17, 15) is 14.0 Å². The molecule has 3 rings (SSSR count). The number of rotatable bonds is 4. The molecule has 1 aromatic carbocycles. The van der Waals surface area contributed by atoms with Crippen molar-refractivity contribution in [2.45, 2.75) is 45.8 Å². The third-order valence-corrected chi connectivity index (χ3v) is 5.35. The Bertz CT molecular complexity index is 874. The Hall–Kier alpha value is -2.48. The Morgan fingerprint density at radius 1 is 1.32 bits per heavy atom. The van der Waals surface area contributed by atoms with Crippen LogP contribution in [0.2, 0.25) is 0 Å². The molecule has 1 N–H and O–H groups in total. The van der Waals surface area contributed by atoms with E-state index in [1.165, 1.54) is 23.5 Å². The fourth-order valence-corrected chi connectivity index (χ4v) is 3.86. The van der Waals surface area contributed by atoms with Crippen molar-refractivity contribution in [3.8, 4) is 10.4 Å². The van der Waals surface area contributed by atoms with Crippen LogP contribution in [0.1, 0.15) is 42.7 Å². The van der Waals surface area contributed by atoms with Gasteiger partial charge in [0.15, 0.2) is 0 Å². The Morgan fingerprint density at radius 3 is 2.57 bits per heavy atom. The number of alkyl carbamates (subject to hydrolysis) is 1. The number of nitrogens with zero attached hydrogens (tertiary/aromatic N) is 2. The largest absolute Gasteiger partial charge is 0.444 e. The van der Waals surface area contributed by atoms with Crippen LogP contribution in [-0.2, 0) is 4.74 Å². The molecule has 6 nitrogen and oxygen atoms in total. The Kier molecular flexibility index (Phi) is 5.69. The summed E-state index contributed by atoms with van der Waals surface area (Å²) in [5, 5.41) is 3.49. The maximum absolute atomic E-state index is 13.2. The predicted molar refractivity (Wildman–Crippen MR) is 106 cm³/mol. The van der Waals surface area contributed by atoms with Crippen LogP contribution in [0.25, 0.3) is 10.4 Å². The number of hydrogen-bond acceptors (Lipinski definition) is 5. The minimum absolute atomic E-state index is 0.0944. The van der Waals surface area contributed by atoms with Gasteiger partial charge in [-0.1, -0.05) is 12.1 Å². The van der Waals surface area contributed by atoms with Gasteiger partial charge in [-0.05, 0) is 51.8 Å². The van der Waals surface area contributed by atoms with Gasteiger partial charge in [-0.2, -0.15) is 0 Å². The predicted octanol–water partition coefficient (Wildman–Crippen LogP) is 4.00. The van der Waals surface area contributed by atoms with Crippen LogP contribution < -0.4 is 5.32 Å². The van der Waals surface area contributed by atoms with Gasteiger partial charge in [-0.25, -0.2) is 14.2 Å². The van der Waals surface area contributed by atoms with E-state index < -0.39 is 11.7 Å². The van der Waals surface area contributed by atoms with Crippen LogP contribution >= 0.6 is 11.3 Å². The summed E-state index contributed by atoms with van der Waals surface area (Å²) in [6.45, 7) is 8.18. The molecular formula is C20H24FN3O3S. The molecule has 1 fully saturated rings. The molecular weight excluding hydrogens is 381 g/mol. The summed E-state index contributed by atoms with van der Waals surface area (Å²) in [6.07, 6.45) is 0.305. The summed E-state index contributed by atoms with van der Waals surface area (Å²) < 4.78 is 18.5. The zero-order valence-corrected chi connectivity index (χ0v) is 17.2. The minimum atomic E-state index is -0.568. The summed E-state index contributed by atoms with van der Waals surface area (Å²) >= 11 is 1.41. The summed E-state index contributed by atoms with van der Waals surface area (Å²) in [6, 6.07) is 5.95. The smallest absolute Gasteiger partial charge is 0.407 e. The molecule has 1 atom stereocenters. The molecule has 1 aliphatic heterocycles. The molecule has 0 radical (unpaired) electrons. The van der Waals surface area contributed by atoms with Crippen LogP contribution in [0, 0.1) is 12.7 Å². The number of halogens is 1. The standard InChI is InChI=1S/C20H24FN3O3S/c1-12-23-16(17(28-12)13-5-7-14(21)8-6-13)18(25)24-10-9-15(24)11-22-19(26)27-20(2,3)4/h5-8,15H,9-11H2,1-4H3,(H,22,26). The van der Waals surface area contributed by atoms with Crippen LogP contribution in [0.4, 0.5) is 9.18 Å². The van der Waals surface area contributed by atoms with E-state index in [1.807, 2.05) is 6.92 Å².